The summed E-state index contributed by atoms with van der Waals surface area (Å²) in [6, 6.07) is 8.91. The van der Waals surface area contributed by atoms with Crippen molar-refractivity contribution in [2.75, 3.05) is 13.2 Å². The summed E-state index contributed by atoms with van der Waals surface area (Å²) >= 11 is 0. The number of likely N-dealkylation sites (tertiary alicyclic amines) is 1. The molecule has 132 valence electrons. The summed E-state index contributed by atoms with van der Waals surface area (Å²) < 4.78 is 6.96. The number of ether oxygens (including phenoxy) is 1. The second kappa shape index (κ2) is 7.96. The first-order valence-electron chi connectivity index (χ1n) is 8.73. The van der Waals surface area contributed by atoms with E-state index < -0.39 is 6.04 Å². The second-order valence-corrected chi connectivity index (χ2v) is 6.17. The van der Waals surface area contributed by atoms with E-state index in [-0.39, 0.29) is 11.9 Å². The first kappa shape index (κ1) is 17.2. The van der Waals surface area contributed by atoms with E-state index in [1.807, 2.05) is 35.1 Å². The van der Waals surface area contributed by atoms with Gasteiger partial charge in [-0.05, 0) is 49.9 Å². The third-order valence-electron chi connectivity index (χ3n) is 4.40. The normalized spacial score (nSPS) is 17.3. The minimum atomic E-state index is -0.476. The van der Waals surface area contributed by atoms with Crippen molar-refractivity contribution >= 4 is 11.9 Å². The molecule has 0 bridgehead atoms. The highest BCUT2D eigenvalue weighted by Gasteiger charge is 2.33. The standard InChI is InChI=1S/C19H23N3O3/c1-2-25-19(24)17-9-3-4-12-22(17)18(23)16-8-5-7-15(13-16)14-21-11-6-10-20-21/h5-8,10-11,13,17H,2-4,9,12,14H2,1H3/t17-/m1/s1. The lowest BCUT2D eigenvalue weighted by Gasteiger charge is -2.34. The molecule has 0 aliphatic carbocycles. The predicted octanol–water partition coefficient (Wildman–Crippen LogP) is 2.49. The molecule has 0 radical (unpaired) electrons. The van der Waals surface area contributed by atoms with E-state index in [2.05, 4.69) is 5.10 Å². The van der Waals surface area contributed by atoms with Crippen LogP contribution < -0.4 is 0 Å². The molecule has 2 heterocycles. The highest BCUT2D eigenvalue weighted by molar-refractivity contribution is 5.97. The van der Waals surface area contributed by atoms with Gasteiger partial charge in [0.25, 0.3) is 5.91 Å². The van der Waals surface area contributed by atoms with E-state index in [0.29, 0.717) is 31.7 Å². The Bertz CT molecular complexity index is 727. The van der Waals surface area contributed by atoms with Crippen molar-refractivity contribution in [3.05, 3.63) is 53.9 Å². The first-order chi connectivity index (χ1) is 12.2. The van der Waals surface area contributed by atoms with E-state index in [9.17, 15) is 9.59 Å². The zero-order chi connectivity index (χ0) is 17.6. The summed E-state index contributed by atoms with van der Waals surface area (Å²) in [4.78, 5) is 26.8. The van der Waals surface area contributed by atoms with E-state index in [4.69, 9.17) is 4.74 Å². The minimum absolute atomic E-state index is 0.111. The molecule has 2 aromatic rings. The maximum Gasteiger partial charge on any atom is 0.328 e. The number of nitrogens with zero attached hydrogens (tertiary/aromatic N) is 3. The molecule has 1 aromatic carbocycles. The lowest BCUT2D eigenvalue weighted by Crippen LogP contribution is -2.48. The fourth-order valence-electron chi connectivity index (χ4n) is 3.21. The van der Waals surface area contributed by atoms with Crippen LogP contribution in [-0.4, -0.2) is 45.8 Å². The zero-order valence-electron chi connectivity index (χ0n) is 14.4. The molecule has 1 fully saturated rings. The molecule has 0 saturated carbocycles. The van der Waals surface area contributed by atoms with Gasteiger partial charge in [-0.25, -0.2) is 4.79 Å². The highest BCUT2D eigenvalue weighted by Crippen LogP contribution is 2.21. The van der Waals surface area contributed by atoms with Gasteiger partial charge in [0.2, 0.25) is 0 Å². The van der Waals surface area contributed by atoms with Crippen LogP contribution in [-0.2, 0) is 16.1 Å². The largest absolute Gasteiger partial charge is 0.464 e. The summed E-state index contributed by atoms with van der Waals surface area (Å²) in [5, 5.41) is 4.19. The molecule has 0 N–H and O–H groups in total. The third-order valence-corrected chi connectivity index (χ3v) is 4.40. The molecule has 1 aliphatic heterocycles. The van der Waals surface area contributed by atoms with Gasteiger partial charge >= 0.3 is 5.97 Å². The van der Waals surface area contributed by atoms with Gasteiger partial charge in [0.1, 0.15) is 6.04 Å². The lowest BCUT2D eigenvalue weighted by molar-refractivity contribution is -0.149. The Morgan fingerprint density at radius 1 is 1.28 bits per heavy atom. The van der Waals surface area contributed by atoms with Crippen LogP contribution in [0.4, 0.5) is 0 Å². The van der Waals surface area contributed by atoms with Gasteiger partial charge in [0.05, 0.1) is 13.2 Å². The molecule has 1 atom stereocenters. The van der Waals surface area contributed by atoms with E-state index in [1.54, 1.807) is 24.1 Å². The Hall–Kier alpha value is -2.63. The monoisotopic (exact) mass is 341 g/mol. The molecule has 0 spiro atoms. The van der Waals surface area contributed by atoms with Crippen molar-refractivity contribution in [2.45, 2.75) is 38.8 Å². The highest BCUT2D eigenvalue weighted by atomic mass is 16.5. The van der Waals surface area contributed by atoms with Gasteiger partial charge in [0.15, 0.2) is 0 Å². The van der Waals surface area contributed by atoms with Crippen LogP contribution in [0.5, 0.6) is 0 Å². The Labute approximate surface area is 147 Å². The maximum atomic E-state index is 13.0. The van der Waals surface area contributed by atoms with Crippen LogP contribution in [0.15, 0.2) is 42.7 Å². The number of rotatable bonds is 5. The average Bonchev–Trinajstić information content (AvgIpc) is 3.14. The van der Waals surface area contributed by atoms with Crippen LogP contribution >= 0.6 is 0 Å². The molecule has 1 saturated heterocycles. The number of piperidine rings is 1. The van der Waals surface area contributed by atoms with Gasteiger partial charge in [-0.3, -0.25) is 9.48 Å². The maximum absolute atomic E-state index is 13.0. The quantitative estimate of drug-likeness (QED) is 0.784. The van der Waals surface area contributed by atoms with Crippen molar-refractivity contribution in [1.29, 1.82) is 0 Å². The number of carbonyl (C=O) groups is 2. The summed E-state index contributed by atoms with van der Waals surface area (Å²) in [5.74, 6) is -0.414. The van der Waals surface area contributed by atoms with Crippen LogP contribution in [0, 0.1) is 0 Å². The number of benzene rings is 1. The van der Waals surface area contributed by atoms with E-state index >= 15 is 0 Å². The topological polar surface area (TPSA) is 64.4 Å². The lowest BCUT2D eigenvalue weighted by atomic mass is 10.00. The number of hydrogen-bond acceptors (Lipinski definition) is 4. The zero-order valence-corrected chi connectivity index (χ0v) is 14.4. The molecule has 6 nitrogen and oxygen atoms in total. The van der Waals surface area contributed by atoms with Gasteiger partial charge in [-0.2, -0.15) is 5.10 Å². The second-order valence-electron chi connectivity index (χ2n) is 6.17. The molecular formula is C19H23N3O3. The molecular weight excluding hydrogens is 318 g/mol. The fourth-order valence-corrected chi connectivity index (χ4v) is 3.21. The number of carbonyl (C=O) groups excluding carboxylic acids is 2. The number of aromatic nitrogens is 2. The smallest absolute Gasteiger partial charge is 0.328 e. The van der Waals surface area contributed by atoms with Gasteiger partial charge < -0.3 is 9.64 Å². The molecule has 25 heavy (non-hydrogen) atoms. The molecule has 1 amide bonds. The van der Waals surface area contributed by atoms with Crippen molar-refractivity contribution in [3.63, 3.8) is 0 Å². The molecule has 6 heteroatoms. The van der Waals surface area contributed by atoms with Crippen LogP contribution in [0.25, 0.3) is 0 Å². The van der Waals surface area contributed by atoms with Gasteiger partial charge in [-0.1, -0.05) is 12.1 Å². The molecule has 1 aromatic heterocycles. The average molecular weight is 341 g/mol. The van der Waals surface area contributed by atoms with Crippen molar-refractivity contribution in [2.24, 2.45) is 0 Å². The Morgan fingerprint density at radius 3 is 2.92 bits per heavy atom. The van der Waals surface area contributed by atoms with Crippen LogP contribution in [0.2, 0.25) is 0 Å². The number of esters is 1. The van der Waals surface area contributed by atoms with Gasteiger partial charge in [0, 0.05) is 24.5 Å². The Balaban J connectivity index is 1.77. The van der Waals surface area contributed by atoms with Crippen molar-refractivity contribution in [1.82, 2.24) is 14.7 Å². The molecule has 1 aliphatic rings. The van der Waals surface area contributed by atoms with Crippen molar-refractivity contribution in [3.8, 4) is 0 Å². The summed E-state index contributed by atoms with van der Waals surface area (Å²) in [6.45, 7) is 3.31. The molecule has 3 rings (SSSR count). The van der Waals surface area contributed by atoms with Gasteiger partial charge in [-0.15, -0.1) is 0 Å². The SMILES string of the molecule is CCOC(=O)[C@H]1CCCCN1C(=O)c1cccc(Cn2cccn2)c1. The summed E-state index contributed by atoms with van der Waals surface area (Å²) in [7, 11) is 0. The van der Waals surface area contributed by atoms with Crippen LogP contribution in [0.1, 0.15) is 42.1 Å². The number of hydrogen-bond donors (Lipinski definition) is 0. The summed E-state index contributed by atoms with van der Waals surface area (Å²) in [5.41, 5.74) is 1.60. The predicted molar refractivity (Wildman–Crippen MR) is 93.1 cm³/mol. The Morgan fingerprint density at radius 2 is 2.16 bits per heavy atom. The number of amides is 1. The Kier molecular flexibility index (Phi) is 5.48. The fraction of sp³-hybridized carbons (Fsp3) is 0.421. The minimum Gasteiger partial charge on any atom is -0.464 e. The third kappa shape index (κ3) is 4.07. The van der Waals surface area contributed by atoms with E-state index in [1.165, 1.54) is 0 Å². The first-order valence-corrected chi connectivity index (χ1v) is 8.73. The molecule has 0 unspecified atom stereocenters. The van der Waals surface area contributed by atoms with Crippen LogP contribution in [0.3, 0.4) is 0 Å². The summed E-state index contributed by atoms with van der Waals surface area (Å²) in [6.07, 6.45) is 6.13. The van der Waals surface area contributed by atoms with E-state index in [0.717, 1.165) is 18.4 Å². The van der Waals surface area contributed by atoms with Crippen molar-refractivity contribution < 1.29 is 14.3 Å².